The van der Waals surface area contributed by atoms with Gasteiger partial charge in [-0.3, -0.25) is 14.7 Å². The molecule has 0 aliphatic carbocycles. The lowest BCUT2D eigenvalue weighted by Gasteiger charge is -2.34. The zero-order valence-corrected chi connectivity index (χ0v) is 11.2. The average molecular weight is 263 g/mol. The number of hydrogen-bond acceptors (Lipinski definition) is 4. The fraction of sp³-hybridized carbons (Fsp3) is 0.571. The van der Waals surface area contributed by atoms with Gasteiger partial charge in [0.05, 0.1) is 6.61 Å². The van der Waals surface area contributed by atoms with E-state index in [0.29, 0.717) is 19.4 Å². The topological polar surface area (TPSA) is 56.7 Å². The van der Waals surface area contributed by atoms with Gasteiger partial charge in [-0.2, -0.15) is 0 Å². The van der Waals surface area contributed by atoms with Crippen LogP contribution in [0.1, 0.15) is 12.1 Å². The van der Waals surface area contributed by atoms with Gasteiger partial charge in [-0.1, -0.05) is 6.07 Å². The number of β-amino-alcohol motifs (C(OH)–C–C–N with tert-alkyl or cyclic N) is 1. The molecule has 1 fully saturated rings. The molecular weight excluding hydrogens is 242 g/mol. The van der Waals surface area contributed by atoms with Crippen LogP contribution in [0.25, 0.3) is 0 Å². The van der Waals surface area contributed by atoms with Crippen molar-refractivity contribution in [2.24, 2.45) is 0 Å². The third-order valence-corrected chi connectivity index (χ3v) is 3.46. The molecule has 19 heavy (non-hydrogen) atoms. The first-order chi connectivity index (χ1) is 9.29. The van der Waals surface area contributed by atoms with Gasteiger partial charge in [0.25, 0.3) is 0 Å². The molecule has 1 aromatic rings. The highest BCUT2D eigenvalue weighted by molar-refractivity contribution is 5.76. The Morgan fingerprint density at radius 2 is 2.05 bits per heavy atom. The van der Waals surface area contributed by atoms with Crippen molar-refractivity contribution < 1.29 is 9.90 Å². The lowest BCUT2D eigenvalue weighted by Crippen LogP contribution is -2.49. The van der Waals surface area contributed by atoms with Crippen LogP contribution in [0, 0.1) is 0 Å². The van der Waals surface area contributed by atoms with Crippen LogP contribution >= 0.6 is 0 Å². The molecule has 5 nitrogen and oxygen atoms in total. The second-order valence-corrected chi connectivity index (χ2v) is 4.77. The van der Waals surface area contributed by atoms with E-state index < -0.39 is 0 Å². The molecule has 0 spiro atoms. The Bertz CT molecular complexity index is 389. The quantitative estimate of drug-likeness (QED) is 0.821. The molecule has 1 saturated heterocycles. The highest BCUT2D eigenvalue weighted by Crippen LogP contribution is 2.06. The van der Waals surface area contributed by atoms with Crippen molar-refractivity contribution in [3.8, 4) is 0 Å². The number of carbonyl (C=O) groups excluding carboxylic acids is 1. The lowest BCUT2D eigenvalue weighted by atomic mass is 10.2. The van der Waals surface area contributed by atoms with E-state index in [4.69, 9.17) is 5.11 Å². The van der Waals surface area contributed by atoms with Crippen molar-refractivity contribution in [1.82, 2.24) is 14.8 Å². The van der Waals surface area contributed by atoms with Gasteiger partial charge in [-0.05, 0) is 18.6 Å². The molecule has 0 bridgehead atoms. The molecular formula is C14H21N3O2. The minimum absolute atomic E-state index is 0.188. The predicted octanol–water partition coefficient (Wildman–Crippen LogP) is 0.151. The maximum atomic E-state index is 12.1. The molecule has 5 heteroatoms. The van der Waals surface area contributed by atoms with Crippen molar-refractivity contribution in [2.75, 3.05) is 39.3 Å². The summed E-state index contributed by atoms with van der Waals surface area (Å²) in [7, 11) is 0. The third-order valence-electron chi connectivity index (χ3n) is 3.46. The summed E-state index contributed by atoms with van der Waals surface area (Å²) in [6.45, 7) is 4.14. The van der Waals surface area contributed by atoms with E-state index in [1.165, 1.54) is 0 Å². The molecule has 1 N–H and O–H groups in total. The van der Waals surface area contributed by atoms with Crippen LogP contribution in [0.4, 0.5) is 0 Å². The van der Waals surface area contributed by atoms with Gasteiger partial charge in [0.2, 0.25) is 5.91 Å². The molecule has 0 saturated carbocycles. The Hall–Kier alpha value is -1.46. The minimum atomic E-state index is 0.188. The fourth-order valence-electron chi connectivity index (χ4n) is 2.30. The SMILES string of the molecule is O=C(CCc1ccccn1)N1CCN(CCO)CC1. The Morgan fingerprint density at radius 1 is 1.26 bits per heavy atom. The molecule has 2 heterocycles. The normalized spacial score (nSPS) is 16.6. The van der Waals surface area contributed by atoms with E-state index in [1.54, 1.807) is 6.20 Å². The summed E-state index contributed by atoms with van der Waals surface area (Å²) in [5, 5.41) is 8.87. The number of nitrogens with zero attached hydrogens (tertiary/aromatic N) is 3. The molecule has 104 valence electrons. The molecule has 2 rings (SSSR count). The summed E-state index contributed by atoms with van der Waals surface area (Å²) in [6.07, 6.45) is 2.99. The van der Waals surface area contributed by atoms with Gasteiger partial charge >= 0.3 is 0 Å². The summed E-state index contributed by atoms with van der Waals surface area (Å²) in [5.41, 5.74) is 0.967. The first kappa shape index (κ1) is 14.0. The van der Waals surface area contributed by atoms with Gasteiger partial charge in [0.1, 0.15) is 0 Å². The summed E-state index contributed by atoms with van der Waals surface area (Å²) >= 11 is 0. The number of hydrogen-bond donors (Lipinski definition) is 1. The average Bonchev–Trinajstić information content (AvgIpc) is 2.47. The smallest absolute Gasteiger partial charge is 0.223 e. The zero-order valence-electron chi connectivity index (χ0n) is 11.2. The van der Waals surface area contributed by atoms with E-state index in [9.17, 15) is 4.79 Å². The monoisotopic (exact) mass is 263 g/mol. The minimum Gasteiger partial charge on any atom is -0.395 e. The zero-order chi connectivity index (χ0) is 13.5. The van der Waals surface area contributed by atoms with Crippen molar-refractivity contribution >= 4 is 5.91 Å². The van der Waals surface area contributed by atoms with Crippen molar-refractivity contribution in [3.05, 3.63) is 30.1 Å². The Labute approximate surface area is 113 Å². The maximum Gasteiger partial charge on any atom is 0.223 e. The first-order valence-corrected chi connectivity index (χ1v) is 6.80. The Kier molecular flexibility index (Phi) is 5.30. The van der Waals surface area contributed by atoms with Crippen LogP contribution in [0.15, 0.2) is 24.4 Å². The second-order valence-electron chi connectivity index (χ2n) is 4.77. The first-order valence-electron chi connectivity index (χ1n) is 6.80. The second kappa shape index (κ2) is 7.21. The number of amides is 1. The van der Waals surface area contributed by atoms with Crippen LogP contribution < -0.4 is 0 Å². The highest BCUT2D eigenvalue weighted by atomic mass is 16.3. The molecule has 0 unspecified atom stereocenters. The Morgan fingerprint density at radius 3 is 2.68 bits per heavy atom. The summed E-state index contributed by atoms with van der Waals surface area (Å²) in [4.78, 5) is 20.4. The fourth-order valence-corrected chi connectivity index (χ4v) is 2.30. The van der Waals surface area contributed by atoms with Gasteiger partial charge in [0.15, 0.2) is 0 Å². The molecule has 1 aliphatic rings. The number of rotatable bonds is 5. The number of aromatic nitrogens is 1. The van der Waals surface area contributed by atoms with Crippen molar-refractivity contribution in [2.45, 2.75) is 12.8 Å². The number of pyridine rings is 1. The van der Waals surface area contributed by atoms with Crippen LogP contribution in [0.2, 0.25) is 0 Å². The Balaban J connectivity index is 1.73. The van der Waals surface area contributed by atoms with Crippen molar-refractivity contribution in [1.29, 1.82) is 0 Å². The molecule has 0 radical (unpaired) electrons. The largest absolute Gasteiger partial charge is 0.395 e. The standard InChI is InChI=1S/C14H21N3O2/c18-12-11-16-7-9-17(10-8-16)14(19)5-4-13-3-1-2-6-15-13/h1-3,6,18H,4-5,7-12H2. The van der Waals surface area contributed by atoms with Crippen LogP contribution in [-0.2, 0) is 11.2 Å². The summed E-state index contributed by atoms with van der Waals surface area (Å²) in [6, 6.07) is 5.78. The van der Waals surface area contributed by atoms with Gasteiger partial charge in [0, 0.05) is 51.0 Å². The summed E-state index contributed by atoms with van der Waals surface area (Å²) in [5.74, 6) is 0.203. The summed E-state index contributed by atoms with van der Waals surface area (Å²) < 4.78 is 0. The maximum absolute atomic E-state index is 12.1. The molecule has 0 atom stereocenters. The van der Waals surface area contributed by atoms with Crippen LogP contribution in [0.5, 0.6) is 0 Å². The predicted molar refractivity (Wildman–Crippen MR) is 72.7 cm³/mol. The molecule has 1 aliphatic heterocycles. The van der Waals surface area contributed by atoms with Crippen molar-refractivity contribution in [3.63, 3.8) is 0 Å². The number of carbonyl (C=O) groups is 1. The van der Waals surface area contributed by atoms with Crippen LogP contribution in [0.3, 0.4) is 0 Å². The number of aryl methyl sites for hydroxylation is 1. The van der Waals surface area contributed by atoms with E-state index in [0.717, 1.165) is 31.9 Å². The number of aliphatic hydroxyl groups excluding tert-OH is 1. The van der Waals surface area contributed by atoms with Gasteiger partial charge in [-0.15, -0.1) is 0 Å². The van der Waals surface area contributed by atoms with E-state index >= 15 is 0 Å². The highest BCUT2D eigenvalue weighted by Gasteiger charge is 2.20. The number of piperazine rings is 1. The lowest BCUT2D eigenvalue weighted by molar-refractivity contribution is -0.132. The molecule has 1 amide bonds. The third kappa shape index (κ3) is 4.29. The van der Waals surface area contributed by atoms with E-state index in [-0.39, 0.29) is 12.5 Å². The van der Waals surface area contributed by atoms with Gasteiger partial charge < -0.3 is 10.0 Å². The van der Waals surface area contributed by atoms with E-state index in [1.807, 2.05) is 23.1 Å². The molecule has 1 aromatic heterocycles. The number of aliphatic hydroxyl groups is 1. The van der Waals surface area contributed by atoms with Crippen LogP contribution in [-0.4, -0.2) is 65.1 Å². The molecule has 0 aromatic carbocycles. The van der Waals surface area contributed by atoms with E-state index in [2.05, 4.69) is 9.88 Å². The van der Waals surface area contributed by atoms with Gasteiger partial charge in [-0.25, -0.2) is 0 Å².